The maximum absolute atomic E-state index is 12.0. The molecule has 0 aliphatic carbocycles. The van der Waals surface area contributed by atoms with Crippen molar-refractivity contribution in [2.75, 3.05) is 18.9 Å². The first-order valence-corrected chi connectivity index (χ1v) is 10.4. The molecule has 1 N–H and O–H groups in total. The van der Waals surface area contributed by atoms with Crippen molar-refractivity contribution in [1.82, 2.24) is 20.1 Å². The normalized spacial score (nSPS) is 10.5. The molecular formula is C22H24N4O2S. The molecule has 1 aromatic heterocycles. The van der Waals surface area contributed by atoms with Crippen LogP contribution in [0.4, 0.5) is 0 Å². The average Bonchev–Trinajstić information content (AvgIpc) is 3.14. The summed E-state index contributed by atoms with van der Waals surface area (Å²) >= 11 is 1.36. The molecule has 29 heavy (non-hydrogen) atoms. The van der Waals surface area contributed by atoms with Gasteiger partial charge in [0.1, 0.15) is 11.6 Å². The Hall–Kier alpha value is -3.06. The second kappa shape index (κ2) is 10.5. The number of ether oxygens (including phenoxy) is 1. The topological polar surface area (TPSA) is 69.0 Å². The summed E-state index contributed by atoms with van der Waals surface area (Å²) in [5.41, 5.74) is 2.07. The zero-order valence-corrected chi connectivity index (χ0v) is 17.2. The Morgan fingerprint density at radius 3 is 2.62 bits per heavy atom. The molecule has 0 fully saturated rings. The second-order valence-corrected chi connectivity index (χ2v) is 7.15. The van der Waals surface area contributed by atoms with Crippen LogP contribution in [0.1, 0.15) is 18.3 Å². The van der Waals surface area contributed by atoms with E-state index in [1.807, 2.05) is 54.0 Å². The minimum atomic E-state index is -0.0687. The van der Waals surface area contributed by atoms with E-state index in [0.29, 0.717) is 24.7 Å². The quantitative estimate of drug-likeness (QED) is 0.410. The number of thioether (sulfide) groups is 1. The van der Waals surface area contributed by atoms with E-state index in [0.717, 1.165) is 22.8 Å². The summed E-state index contributed by atoms with van der Waals surface area (Å²) in [6.07, 6.45) is 2.30. The van der Waals surface area contributed by atoms with E-state index in [-0.39, 0.29) is 11.7 Å². The minimum absolute atomic E-state index is 0.0687. The first-order valence-electron chi connectivity index (χ1n) is 9.43. The van der Waals surface area contributed by atoms with Crippen LogP contribution in [0.5, 0.6) is 5.75 Å². The van der Waals surface area contributed by atoms with E-state index in [9.17, 15) is 4.79 Å². The molecule has 6 nitrogen and oxygen atoms in total. The summed E-state index contributed by atoms with van der Waals surface area (Å²) in [5, 5.41) is 12.2. The fourth-order valence-electron chi connectivity index (χ4n) is 2.77. The van der Waals surface area contributed by atoms with Crippen molar-refractivity contribution in [3.8, 4) is 11.4 Å². The molecule has 0 unspecified atom stereocenters. The Morgan fingerprint density at radius 1 is 1.17 bits per heavy atom. The number of benzene rings is 2. The maximum atomic E-state index is 12.0. The van der Waals surface area contributed by atoms with Crippen LogP contribution in [0, 0.1) is 0 Å². The third-order valence-electron chi connectivity index (χ3n) is 4.09. The zero-order chi connectivity index (χ0) is 20.5. The highest BCUT2D eigenvalue weighted by Crippen LogP contribution is 2.25. The van der Waals surface area contributed by atoms with Gasteiger partial charge in [0.05, 0.1) is 12.4 Å². The molecule has 0 aliphatic rings. The van der Waals surface area contributed by atoms with Gasteiger partial charge in [-0.3, -0.25) is 9.36 Å². The molecule has 0 aliphatic heterocycles. The zero-order valence-electron chi connectivity index (χ0n) is 16.4. The number of hydrogen-bond acceptors (Lipinski definition) is 5. The molecule has 0 spiro atoms. The van der Waals surface area contributed by atoms with Crippen molar-refractivity contribution >= 4 is 17.7 Å². The third kappa shape index (κ3) is 5.71. The number of rotatable bonds is 10. The SMILES string of the molecule is C=CCNC(=O)CSc1nnc(Cc2ccccc2)n1-c1ccc(OCC)cc1. The lowest BCUT2D eigenvalue weighted by Crippen LogP contribution is -2.25. The van der Waals surface area contributed by atoms with Crippen LogP contribution in [0.3, 0.4) is 0 Å². The smallest absolute Gasteiger partial charge is 0.230 e. The number of nitrogens with one attached hydrogen (secondary N) is 1. The fraction of sp³-hybridized carbons (Fsp3) is 0.227. The monoisotopic (exact) mass is 408 g/mol. The predicted octanol–water partition coefficient (Wildman–Crippen LogP) is 3.65. The summed E-state index contributed by atoms with van der Waals surface area (Å²) in [6, 6.07) is 17.9. The number of hydrogen-bond donors (Lipinski definition) is 1. The van der Waals surface area contributed by atoms with Gasteiger partial charge in [-0.2, -0.15) is 0 Å². The van der Waals surface area contributed by atoms with Crippen LogP contribution in [-0.4, -0.2) is 39.6 Å². The summed E-state index contributed by atoms with van der Waals surface area (Å²) in [7, 11) is 0. The number of aromatic nitrogens is 3. The Labute approximate surface area is 175 Å². The molecule has 1 heterocycles. The van der Waals surface area contributed by atoms with Crippen molar-refractivity contribution in [2.24, 2.45) is 0 Å². The molecule has 3 rings (SSSR count). The number of nitrogens with zero attached hydrogens (tertiary/aromatic N) is 3. The van der Waals surface area contributed by atoms with Crippen LogP contribution >= 0.6 is 11.8 Å². The van der Waals surface area contributed by atoms with Crippen LogP contribution in [0.2, 0.25) is 0 Å². The Balaban J connectivity index is 1.87. The predicted molar refractivity (Wildman–Crippen MR) is 116 cm³/mol. The molecule has 2 aromatic carbocycles. The van der Waals surface area contributed by atoms with Gasteiger partial charge >= 0.3 is 0 Å². The first-order chi connectivity index (χ1) is 14.2. The van der Waals surface area contributed by atoms with Crippen LogP contribution < -0.4 is 10.1 Å². The summed E-state index contributed by atoms with van der Waals surface area (Å²) < 4.78 is 7.54. The van der Waals surface area contributed by atoms with Gasteiger partial charge in [0.15, 0.2) is 5.16 Å². The fourth-order valence-corrected chi connectivity index (χ4v) is 3.57. The molecule has 0 bridgehead atoms. The van der Waals surface area contributed by atoms with E-state index in [1.54, 1.807) is 6.08 Å². The summed E-state index contributed by atoms with van der Waals surface area (Å²) in [5.74, 6) is 1.82. The van der Waals surface area contributed by atoms with E-state index in [1.165, 1.54) is 11.8 Å². The van der Waals surface area contributed by atoms with Gasteiger partial charge in [0.2, 0.25) is 5.91 Å². The summed E-state index contributed by atoms with van der Waals surface area (Å²) in [4.78, 5) is 12.0. The van der Waals surface area contributed by atoms with Crippen molar-refractivity contribution in [3.05, 3.63) is 78.6 Å². The first kappa shape index (κ1) is 20.7. The van der Waals surface area contributed by atoms with Crippen LogP contribution in [0.25, 0.3) is 5.69 Å². The lowest BCUT2D eigenvalue weighted by Gasteiger charge is -2.11. The van der Waals surface area contributed by atoms with Gasteiger partial charge in [0.25, 0.3) is 0 Å². The molecule has 0 saturated heterocycles. The highest BCUT2D eigenvalue weighted by molar-refractivity contribution is 7.99. The summed E-state index contributed by atoms with van der Waals surface area (Å²) in [6.45, 7) is 6.63. The van der Waals surface area contributed by atoms with Gasteiger partial charge < -0.3 is 10.1 Å². The molecular weight excluding hydrogens is 384 g/mol. The Kier molecular flexibility index (Phi) is 7.47. The van der Waals surface area contributed by atoms with Crippen molar-refractivity contribution in [1.29, 1.82) is 0 Å². The van der Waals surface area contributed by atoms with E-state index >= 15 is 0 Å². The van der Waals surface area contributed by atoms with Crippen LogP contribution in [0.15, 0.2) is 72.4 Å². The van der Waals surface area contributed by atoms with Gasteiger partial charge in [-0.25, -0.2) is 0 Å². The van der Waals surface area contributed by atoms with E-state index < -0.39 is 0 Å². The molecule has 150 valence electrons. The van der Waals surface area contributed by atoms with Crippen molar-refractivity contribution in [3.63, 3.8) is 0 Å². The second-order valence-electron chi connectivity index (χ2n) is 6.20. The van der Waals surface area contributed by atoms with E-state index in [4.69, 9.17) is 4.74 Å². The average molecular weight is 409 g/mol. The lowest BCUT2D eigenvalue weighted by molar-refractivity contribution is -0.118. The molecule has 0 radical (unpaired) electrons. The van der Waals surface area contributed by atoms with Gasteiger partial charge in [-0.15, -0.1) is 16.8 Å². The Morgan fingerprint density at radius 2 is 1.93 bits per heavy atom. The highest BCUT2D eigenvalue weighted by Gasteiger charge is 2.16. The van der Waals surface area contributed by atoms with Gasteiger partial charge in [0, 0.05) is 18.7 Å². The Bertz CT molecular complexity index is 939. The standard InChI is InChI=1S/C22H24N4O2S/c1-3-14-23-21(27)16-29-22-25-24-20(15-17-8-6-5-7-9-17)26(22)18-10-12-19(13-11-18)28-4-2/h3,5-13H,1,4,14-16H2,2H3,(H,23,27). The maximum Gasteiger partial charge on any atom is 0.230 e. The largest absolute Gasteiger partial charge is 0.494 e. The van der Waals surface area contributed by atoms with Crippen LogP contribution in [-0.2, 0) is 11.2 Å². The number of amides is 1. The molecule has 1 amide bonds. The molecule has 7 heteroatoms. The van der Waals surface area contributed by atoms with Crippen molar-refractivity contribution in [2.45, 2.75) is 18.5 Å². The number of carbonyl (C=O) groups excluding carboxylic acids is 1. The van der Waals surface area contributed by atoms with Crippen molar-refractivity contribution < 1.29 is 9.53 Å². The number of carbonyl (C=O) groups is 1. The molecule has 0 saturated carbocycles. The van der Waals surface area contributed by atoms with Gasteiger partial charge in [-0.05, 0) is 36.8 Å². The lowest BCUT2D eigenvalue weighted by atomic mass is 10.1. The van der Waals surface area contributed by atoms with Gasteiger partial charge in [-0.1, -0.05) is 48.2 Å². The van der Waals surface area contributed by atoms with E-state index in [2.05, 4.69) is 34.2 Å². The molecule has 0 atom stereocenters. The third-order valence-corrected chi connectivity index (χ3v) is 5.02. The highest BCUT2D eigenvalue weighted by atomic mass is 32.2. The minimum Gasteiger partial charge on any atom is -0.494 e. The molecule has 3 aromatic rings.